The van der Waals surface area contributed by atoms with E-state index < -0.39 is 103 Å². The van der Waals surface area contributed by atoms with Crippen molar-refractivity contribution < 1.29 is 49.6 Å². The Morgan fingerprint density at radius 1 is 1.22 bits per heavy atom. The molecule has 45 heavy (non-hydrogen) atoms. The summed E-state index contributed by atoms with van der Waals surface area (Å²) in [5.74, 6) is -1.50. The summed E-state index contributed by atoms with van der Waals surface area (Å²) in [7, 11) is 1.56. The quantitative estimate of drug-likeness (QED) is 0.0692. The lowest BCUT2D eigenvalue weighted by atomic mass is 9.72. The van der Waals surface area contributed by atoms with Gasteiger partial charge in [0.15, 0.2) is 17.9 Å². The lowest BCUT2D eigenvalue weighted by molar-refractivity contribution is -0.297. The third-order valence-electron chi connectivity index (χ3n) is 9.15. The van der Waals surface area contributed by atoms with E-state index in [0.29, 0.717) is 12.2 Å². The minimum absolute atomic E-state index is 0.000515. The molecule has 18 nitrogen and oxygen atoms in total. The molecule has 0 bridgehead atoms. The van der Waals surface area contributed by atoms with Crippen molar-refractivity contribution in [3.8, 4) is 0 Å². The molecule has 258 valence electrons. The Morgan fingerprint density at radius 3 is 2.58 bits per heavy atom. The number of rotatable bonds is 12. The molecule has 1 amide bonds. The number of likely N-dealkylation sites (N-methyl/N-ethyl adjacent to an activating group) is 1. The minimum Gasteiger partial charge on any atom is -0.492 e. The van der Waals surface area contributed by atoms with Crippen molar-refractivity contribution in [2.45, 2.75) is 104 Å². The van der Waals surface area contributed by atoms with Crippen molar-refractivity contribution in [3.05, 3.63) is 11.8 Å². The van der Waals surface area contributed by atoms with Gasteiger partial charge in [0, 0.05) is 31.0 Å². The SMILES string of the molecule is CN[C@@H]1[C@@H](O)[C@@H](O[C@H]2[C@H](NC(=O)C3(O)CC3NC(=N)N)C[C@H](N)C([C@H]3OC(CNCC(O)CO)=CC[C@H]3N)[C@@H]2O)OC[C@]1(C)O. The van der Waals surface area contributed by atoms with Crippen molar-refractivity contribution >= 4 is 11.9 Å². The number of nitrogens with two attached hydrogens (primary N) is 3. The van der Waals surface area contributed by atoms with E-state index in [0.717, 1.165) is 0 Å². The maximum atomic E-state index is 13.2. The lowest BCUT2D eigenvalue weighted by Gasteiger charge is -2.50. The summed E-state index contributed by atoms with van der Waals surface area (Å²) in [6.45, 7) is 1.23. The molecular weight excluding hydrogens is 596 g/mol. The predicted molar refractivity (Wildman–Crippen MR) is 158 cm³/mol. The van der Waals surface area contributed by atoms with E-state index in [4.69, 9.17) is 41.9 Å². The van der Waals surface area contributed by atoms with E-state index in [1.54, 1.807) is 13.1 Å². The molecule has 0 aromatic carbocycles. The molecule has 14 atom stereocenters. The molecule has 0 aromatic heterocycles. The van der Waals surface area contributed by atoms with Crippen LogP contribution in [0.15, 0.2) is 11.8 Å². The van der Waals surface area contributed by atoms with Gasteiger partial charge < -0.3 is 83.3 Å². The third-order valence-corrected chi connectivity index (χ3v) is 9.15. The van der Waals surface area contributed by atoms with Crippen LogP contribution in [0, 0.1) is 11.3 Å². The van der Waals surface area contributed by atoms with Gasteiger partial charge in [-0.2, -0.15) is 0 Å². The van der Waals surface area contributed by atoms with Crippen LogP contribution in [0.25, 0.3) is 0 Å². The van der Waals surface area contributed by atoms with E-state index in [1.807, 2.05) is 0 Å². The number of amides is 1. The normalized spacial score (nSPS) is 43.9. The molecular formula is C27H50N8O10. The maximum Gasteiger partial charge on any atom is 0.254 e. The van der Waals surface area contributed by atoms with Crippen LogP contribution in [0.2, 0.25) is 0 Å². The highest BCUT2D eigenvalue weighted by Crippen LogP contribution is 2.39. The zero-order valence-corrected chi connectivity index (χ0v) is 25.5. The zero-order chi connectivity index (χ0) is 33.3. The molecule has 2 aliphatic carbocycles. The third kappa shape index (κ3) is 7.86. The van der Waals surface area contributed by atoms with Crippen LogP contribution in [0.5, 0.6) is 0 Å². The summed E-state index contributed by atoms with van der Waals surface area (Å²) in [4.78, 5) is 13.2. The van der Waals surface area contributed by atoms with Crippen molar-refractivity contribution in [2.24, 2.45) is 23.1 Å². The summed E-state index contributed by atoms with van der Waals surface area (Å²) >= 11 is 0. The summed E-state index contributed by atoms with van der Waals surface area (Å²) in [6.07, 6.45) is -4.85. The van der Waals surface area contributed by atoms with E-state index in [9.17, 15) is 30.3 Å². The van der Waals surface area contributed by atoms with Gasteiger partial charge in [0.25, 0.3) is 5.91 Å². The van der Waals surface area contributed by atoms with Gasteiger partial charge in [-0.3, -0.25) is 10.2 Å². The highest BCUT2D eigenvalue weighted by atomic mass is 16.7. The monoisotopic (exact) mass is 646 g/mol. The second-order valence-corrected chi connectivity index (χ2v) is 12.8. The van der Waals surface area contributed by atoms with Gasteiger partial charge >= 0.3 is 0 Å². The fourth-order valence-electron chi connectivity index (χ4n) is 6.54. The van der Waals surface area contributed by atoms with Crippen molar-refractivity contribution in [3.63, 3.8) is 0 Å². The Hall–Kier alpha value is -2.20. The van der Waals surface area contributed by atoms with E-state index >= 15 is 0 Å². The predicted octanol–water partition coefficient (Wildman–Crippen LogP) is -6.45. The molecule has 4 aliphatic rings. The van der Waals surface area contributed by atoms with Crippen molar-refractivity contribution in [1.82, 2.24) is 21.3 Å². The van der Waals surface area contributed by atoms with Gasteiger partial charge in [-0.05, 0) is 32.9 Å². The number of ether oxygens (including phenoxy) is 3. The highest BCUT2D eigenvalue weighted by molar-refractivity contribution is 5.91. The van der Waals surface area contributed by atoms with E-state index in [-0.39, 0.29) is 32.5 Å². The van der Waals surface area contributed by atoms with Crippen molar-refractivity contribution in [2.75, 3.05) is 33.4 Å². The molecule has 18 heteroatoms. The van der Waals surface area contributed by atoms with Gasteiger partial charge in [-0.1, -0.05) is 0 Å². The molecule has 4 unspecified atom stereocenters. The molecule has 0 aromatic rings. The average molecular weight is 647 g/mol. The zero-order valence-electron chi connectivity index (χ0n) is 25.5. The summed E-state index contributed by atoms with van der Waals surface area (Å²) in [5, 5.41) is 81.6. The van der Waals surface area contributed by atoms with Crippen LogP contribution >= 0.6 is 0 Å². The second-order valence-electron chi connectivity index (χ2n) is 12.8. The Balaban J connectivity index is 1.54. The molecule has 2 aliphatic heterocycles. The first kappa shape index (κ1) is 35.7. The Kier molecular flexibility index (Phi) is 11.3. The number of carbonyl (C=O) groups is 1. The average Bonchev–Trinajstić information content (AvgIpc) is 3.62. The first-order chi connectivity index (χ1) is 21.1. The van der Waals surface area contributed by atoms with Crippen LogP contribution in [-0.2, 0) is 19.0 Å². The number of aliphatic hydroxyl groups is 6. The van der Waals surface area contributed by atoms with Crippen molar-refractivity contribution in [1.29, 1.82) is 5.41 Å². The minimum atomic E-state index is -1.86. The molecule has 0 radical (unpaired) electrons. The summed E-state index contributed by atoms with van der Waals surface area (Å²) < 4.78 is 18.1. The lowest BCUT2D eigenvalue weighted by Crippen LogP contribution is -2.69. The summed E-state index contributed by atoms with van der Waals surface area (Å²) in [6, 6.07) is -3.94. The molecule has 0 spiro atoms. The first-order valence-corrected chi connectivity index (χ1v) is 15.2. The van der Waals surface area contributed by atoms with E-state index in [1.165, 1.54) is 6.92 Å². The molecule has 2 saturated carbocycles. The van der Waals surface area contributed by atoms with Gasteiger partial charge in [0.05, 0.1) is 50.1 Å². The standard InChI is InChI=1S/C27H50N8O10/c1-26(41)10-43-23(19(39)22(26)32-2)45-21-15(34-24(40)27(42)6-16(27)35-25(30)31)5-14(29)17(18(21)38)20-13(28)4-3-12(44-20)8-33-7-11(37)9-36/h3,11,13-23,32-33,36-39,41-42H,4-10,28-29H2,1-2H3,(H,34,40)(H4,30,31,35)/t11?,13-,14+,15-,16?,17?,18+,19-,20+,21+,22-,23-,26+,27?/m1/s1. The van der Waals surface area contributed by atoms with Crippen LogP contribution in [0.1, 0.15) is 26.2 Å². The van der Waals surface area contributed by atoms with Gasteiger partial charge in [-0.15, -0.1) is 0 Å². The molecule has 1 saturated heterocycles. The topological polar surface area (TPSA) is 316 Å². The van der Waals surface area contributed by atoms with Gasteiger partial charge in [-0.25, -0.2) is 0 Å². The Morgan fingerprint density at radius 2 is 1.93 bits per heavy atom. The van der Waals surface area contributed by atoms with Crippen LogP contribution in [0.4, 0.5) is 0 Å². The largest absolute Gasteiger partial charge is 0.492 e. The Labute approximate surface area is 261 Å². The second kappa shape index (κ2) is 14.3. The number of nitrogens with one attached hydrogen (secondary N) is 5. The highest BCUT2D eigenvalue weighted by Gasteiger charge is 2.61. The molecule has 17 N–H and O–H groups in total. The number of hydrogen-bond donors (Lipinski definition) is 14. The van der Waals surface area contributed by atoms with Gasteiger partial charge in [0.1, 0.15) is 29.7 Å². The smallest absolute Gasteiger partial charge is 0.254 e. The molecule has 2 heterocycles. The number of guanidine groups is 1. The van der Waals surface area contributed by atoms with Crippen LogP contribution in [0.3, 0.4) is 0 Å². The Bertz CT molecular complexity index is 1090. The van der Waals surface area contributed by atoms with Gasteiger partial charge in [0.2, 0.25) is 0 Å². The fourth-order valence-corrected chi connectivity index (χ4v) is 6.54. The summed E-state index contributed by atoms with van der Waals surface area (Å²) in [5.41, 5.74) is 15.1. The van der Waals surface area contributed by atoms with Crippen LogP contribution < -0.4 is 38.5 Å². The molecule has 3 fully saturated rings. The fraction of sp³-hybridized carbons (Fsp3) is 0.852. The first-order valence-electron chi connectivity index (χ1n) is 15.2. The number of aliphatic hydroxyl groups excluding tert-OH is 4. The maximum absolute atomic E-state index is 13.2. The number of hydrogen-bond acceptors (Lipinski definition) is 15. The number of carbonyl (C=O) groups excluding carboxylic acids is 1. The van der Waals surface area contributed by atoms with Crippen LogP contribution in [-0.4, -0.2) is 154 Å². The van der Waals surface area contributed by atoms with E-state index in [2.05, 4.69) is 21.3 Å². The molecule has 4 rings (SSSR count).